The molecule has 168 valence electrons. The van der Waals surface area contributed by atoms with Crippen LogP contribution in [0.25, 0.3) is 0 Å². The largest absolute Gasteiger partial charge is 0.416 e. The predicted octanol–water partition coefficient (Wildman–Crippen LogP) is 5.44. The summed E-state index contributed by atoms with van der Waals surface area (Å²) < 4.78 is 83.6. The summed E-state index contributed by atoms with van der Waals surface area (Å²) >= 11 is 0. The van der Waals surface area contributed by atoms with Crippen molar-refractivity contribution in [3.63, 3.8) is 0 Å². The fourth-order valence-corrected chi connectivity index (χ4v) is 2.58. The lowest BCUT2D eigenvalue weighted by Crippen LogP contribution is -2.39. The molecule has 0 aliphatic heterocycles. The molecule has 0 aliphatic carbocycles. The smallest absolute Gasteiger partial charge is 0.412 e. The summed E-state index contributed by atoms with van der Waals surface area (Å²) in [6, 6.07) is 10.1. The molecule has 0 spiro atoms. The summed E-state index contributed by atoms with van der Waals surface area (Å²) in [5.41, 5.74) is 2.71. The molecule has 0 bridgehead atoms. The van der Waals surface area contributed by atoms with Gasteiger partial charge < -0.3 is 15.9 Å². The Bertz CT molecular complexity index is 794. The summed E-state index contributed by atoms with van der Waals surface area (Å²) in [7, 11) is 0. The minimum Gasteiger partial charge on any atom is -0.412 e. The maximum atomic E-state index is 13.0. The summed E-state index contributed by atoms with van der Waals surface area (Å²) in [6.45, 7) is 4.83. The second-order valence-corrected chi connectivity index (χ2v) is 6.40. The minimum absolute atomic E-state index is 0. The molecule has 0 fully saturated rings. The van der Waals surface area contributed by atoms with E-state index in [-0.39, 0.29) is 36.1 Å². The Morgan fingerprint density at radius 1 is 0.933 bits per heavy atom. The molecule has 30 heavy (non-hydrogen) atoms. The maximum absolute atomic E-state index is 13.0. The molecule has 2 aromatic carbocycles. The molecule has 0 saturated carbocycles. The SMILES string of the molecule is C=C[C@@](N)(CO[C@H](C)c1cc(C(F)(F)F)cc(C(F)(F)F)c1)c1ccccc1.Cl.O. The van der Waals surface area contributed by atoms with Crippen molar-refractivity contribution in [3.05, 3.63) is 83.4 Å². The van der Waals surface area contributed by atoms with Crippen LogP contribution in [0.3, 0.4) is 0 Å². The van der Waals surface area contributed by atoms with Gasteiger partial charge in [-0.1, -0.05) is 36.4 Å². The number of hydrogen-bond donors (Lipinski definition) is 1. The number of ether oxygens (including phenoxy) is 1. The van der Waals surface area contributed by atoms with Gasteiger partial charge in [-0.25, -0.2) is 0 Å². The van der Waals surface area contributed by atoms with Gasteiger partial charge in [-0.3, -0.25) is 0 Å². The van der Waals surface area contributed by atoms with E-state index in [0.29, 0.717) is 17.7 Å². The molecule has 2 aromatic rings. The van der Waals surface area contributed by atoms with E-state index in [1.165, 1.54) is 13.0 Å². The number of alkyl halides is 6. The van der Waals surface area contributed by atoms with Crippen LogP contribution >= 0.6 is 12.4 Å². The Morgan fingerprint density at radius 3 is 1.80 bits per heavy atom. The minimum atomic E-state index is -4.92. The zero-order chi connectivity index (χ0) is 21.2. The van der Waals surface area contributed by atoms with E-state index in [4.69, 9.17) is 10.5 Å². The summed E-state index contributed by atoms with van der Waals surface area (Å²) in [6.07, 6.45) is -9.48. The van der Waals surface area contributed by atoms with Gasteiger partial charge >= 0.3 is 12.4 Å². The van der Waals surface area contributed by atoms with Crippen LogP contribution in [-0.2, 0) is 22.6 Å². The van der Waals surface area contributed by atoms with Gasteiger partial charge in [0.1, 0.15) is 0 Å². The van der Waals surface area contributed by atoms with Gasteiger partial charge in [0.15, 0.2) is 0 Å². The van der Waals surface area contributed by atoms with Crippen LogP contribution in [0.15, 0.2) is 61.2 Å². The van der Waals surface area contributed by atoms with Gasteiger partial charge in [-0.2, -0.15) is 26.3 Å². The van der Waals surface area contributed by atoms with Crippen LogP contribution in [0.2, 0.25) is 0 Å². The third-order valence-corrected chi connectivity index (χ3v) is 4.33. The van der Waals surface area contributed by atoms with Crippen LogP contribution < -0.4 is 5.73 Å². The highest BCUT2D eigenvalue weighted by Crippen LogP contribution is 2.38. The Labute approximate surface area is 176 Å². The van der Waals surface area contributed by atoms with Crippen molar-refractivity contribution < 1.29 is 36.6 Å². The molecular weight excluding hydrogens is 436 g/mol. The van der Waals surface area contributed by atoms with E-state index >= 15 is 0 Å². The number of nitrogens with two attached hydrogens (primary N) is 1. The van der Waals surface area contributed by atoms with Crippen molar-refractivity contribution >= 4 is 12.4 Å². The molecule has 10 heteroatoms. The predicted molar refractivity (Wildman–Crippen MR) is 104 cm³/mol. The molecule has 0 unspecified atom stereocenters. The quantitative estimate of drug-likeness (QED) is 0.463. The zero-order valence-corrected chi connectivity index (χ0v) is 16.7. The van der Waals surface area contributed by atoms with Crippen LogP contribution in [0, 0.1) is 0 Å². The van der Waals surface area contributed by atoms with Crippen LogP contribution in [0.4, 0.5) is 26.3 Å². The van der Waals surface area contributed by atoms with Crippen LogP contribution in [0.5, 0.6) is 0 Å². The van der Waals surface area contributed by atoms with Gasteiger partial charge in [0.25, 0.3) is 0 Å². The molecule has 0 aromatic heterocycles. The fourth-order valence-electron chi connectivity index (χ4n) is 2.58. The van der Waals surface area contributed by atoms with E-state index in [0.717, 1.165) is 0 Å². The van der Waals surface area contributed by atoms with Gasteiger partial charge in [0.2, 0.25) is 0 Å². The molecule has 0 radical (unpaired) electrons. The first kappa shape index (κ1) is 27.9. The van der Waals surface area contributed by atoms with E-state index in [1.807, 2.05) is 0 Å². The molecular formula is C20H22ClF6NO2. The standard InChI is InChI=1S/C20H19F6NO.ClH.H2O/c1-3-18(27,15-7-5-4-6-8-15)12-28-13(2)14-9-16(19(21,22)23)11-17(10-14)20(24,25)26;;/h3-11,13H,1,12,27H2,2H3;1H;1H2/t13-,18-;;/m1../s1. The first-order valence-corrected chi connectivity index (χ1v) is 8.26. The first-order valence-electron chi connectivity index (χ1n) is 8.26. The molecule has 2 rings (SSSR count). The van der Waals surface area contributed by atoms with E-state index in [9.17, 15) is 26.3 Å². The first-order chi connectivity index (χ1) is 12.9. The second-order valence-electron chi connectivity index (χ2n) is 6.40. The summed E-state index contributed by atoms with van der Waals surface area (Å²) in [4.78, 5) is 0. The average molecular weight is 458 g/mol. The second kappa shape index (κ2) is 10.3. The van der Waals surface area contributed by atoms with Gasteiger partial charge in [0.05, 0.1) is 29.4 Å². The summed E-state index contributed by atoms with van der Waals surface area (Å²) in [5.74, 6) is 0. The third-order valence-electron chi connectivity index (χ3n) is 4.33. The molecule has 0 heterocycles. The molecule has 0 aliphatic rings. The lowest BCUT2D eigenvalue weighted by atomic mass is 9.92. The van der Waals surface area contributed by atoms with E-state index in [1.54, 1.807) is 30.3 Å². The van der Waals surface area contributed by atoms with E-state index < -0.39 is 35.1 Å². The maximum Gasteiger partial charge on any atom is 0.416 e. The fraction of sp³-hybridized carbons (Fsp3) is 0.300. The Balaban J connectivity index is 0.00000420. The number of rotatable bonds is 6. The highest BCUT2D eigenvalue weighted by molar-refractivity contribution is 5.85. The highest BCUT2D eigenvalue weighted by Gasteiger charge is 2.37. The molecule has 0 saturated heterocycles. The van der Waals surface area contributed by atoms with Crippen molar-refractivity contribution in [2.45, 2.75) is 30.9 Å². The summed E-state index contributed by atoms with van der Waals surface area (Å²) in [5, 5.41) is 0. The van der Waals surface area contributed by atoms with Crippen molar-refractivity contribution in [2.24, 2.45) is 5.73 Å². The lowest BCUT2D eigenvalue weighted by molar-refractivity contribution is -0.143. The van der Waals surface area contributed by atoms with Crippen LogP contribution in [-0.4, -0.2) is 12.1 Å². The van der Waals surface area contributed by atoms with Crippen molar-refractivity contribution in [1.82, 2.24) is 0 Å². The lowest BCUT2D eigenvalue weighted by Gasteiger charge is -2.28. The van der Waals surface area contributed by atoms with E-state index in [2.05, 4.69) is 6.58 Å². The van der Waals surface area contributed by atoms with Gasteiger partial charge in [-0.15, -0.1) is 19.0 Å². The third kappa shape index (κ3) is 6.73. The Kier molecular flexibility index (Phi) is 9.59. The number of halogens is 7. The highest BCUT2D eigenvalue weighted by atomic mass is 35.5. The number of hydrogen-bond acceptors (Lipinski definition) is 2. The normalized spacial score (nSPS) is 14.7. The Morgan fingerprint density at radius 2 is 1.40 bits per heavy atom. The molecule has 3 nitrogen and oxygen atoms in total. The van der Waals surface area contributed by atoms with Crippen molar-refractivity contribution in [1.29, 1.82) is 0 Å². The zero-order valence-electron chi connectivity index (χ0n) is 15.8. The number of benzene rings is 2. The van der Waals surface area contributed by atoms with Crippen molar-refractivity contribution in [2.75, 3.05) is 6.61 Å². The topological polar surface area (TPSA) is 66.8 Å². The van der Waals surface area contributed by atoms with Gasteiger partial charge in [0, 0.05) is 0 Å². The van der Waals surface area contributed by atoms with Gasteiger partial charge in [-0.05, 0) is 36.2 Å². The van der Waals surface area contributed by atoms with Crippen LogP contribution in [0.1, 0.15) is 35.3 Å². The molecule has 2 atom stereocenters. The monoisotopic (exact) mass is 457 g/mol. The van der Waals surface area contributed by atoms with Crippen molar-refractivity contribution in [3.8, 4) is 0 Å². The average Bonchev–Trinajstić information content (AvgIpc) is 2.64. The molecule has 4 N–H and O–H groups in total. The Hall–Kier alpha value is -2.07. The molecule has 0 amide bonds.